The summed E-state index contributed by atoms with van der Waals surface area (Å²) in [6, 6.07) is 13.6. The van der Waals surface area contributed by atoms with Crippen LogP contribution in [0, 0.1) is 5.82 Å². The standard InChI is InChI=1S/C36H37F4N7O5S/c1-35(2)33(51)46(22-6-8-27(41)25(17-22)36(38,39)40)34(53)47(35)23-7-10-29(26(37)18-23)52-24-12-14-45(15-13-24)19-31(49)43-21-5-3-4-20(16-21)42-28-9-11-30(48)44-32(28)50/h3-8,10,16-18,24,28,42H,9,11-15,19,41H2,1-2H3,(H,43,49)(H,44,48,50). The van der Waals surface area contributed by atoms with Gasteiger partial charge in [0.2, 0.25) is 17.7 Å². The van der Waals surface area contributed by atoms with Crippen LogP contribution in [0.15, 0.2) is 60.7 Å². The Morgan fingerprint density at radius 1 is 1.00 bits per heavy atom. The second-order valence-corrected chi connectivity index (χ2v) is 13.9. The first-order valence-corrected chi connectivity index (χ1v) is 17.3. The van der Waals surface area contributed by atoms with Gasteiger partial charge in [0.25, 0.3) is 5.91 Å². The number of nitrogens with one attached hydrogen (secondary N) is 3. The van der Waals surface area contributed by atoms with Crippen LogP contribution in [0.4, 0.5) is 46.0 Å². The fraction of sp³-hybridized carbons (Fsp3) is 0.361. The van der Waals surface area contributed by atoms with Gasteiger partial charge in [0.15, 0.2) is 16.7 Å². The molecular weight excluding hydrogens is 718 g/mol. The number of thiocarbonyl (C=S) groups is 1. The summed E-state index contributed by atoms with van der Waals surface area (Å²) in [6.07, 6.45) is -3.43. The molecule has 3 aromatic rings. The number of rotatable bonds is 9. The lowest BCUT2D eigenvalue weighted by atomic mass is 10.0. The van der Waals surface area contributed by atoms with Gasteiger partial charge in [-0.2, -0.15) is 13.2 Å². The van der Waals surface area contributed by atoms with E-state index in [1.54, 1.807) is 38.1 Å². The highest BCUT2D eigenvalue weighted by Gasteiger charge is 2.51. The van der Waals surface area contributed by atoms with E-state index in [0.717, 1.165) is 17.0 Å². The summed E-state index contributed by atoms with van der Waals surface area (Å²) in [5.74, 6) is -2.26. The summed E-state index contributed by atoms with van der Waals surface area (Å²) in [5, 5.41) is 8.13. The normalized spacial score (nSPS) is 19.7. The molecule has 0 spiro atoms. The van der Waals surface area contributed by atoms with E-state index in [4.69, 9.17) is 22.7 Å². The van der Waals surface area contributed by atoms with Gasteiger partial charge >= 0.3 is 6.18 Å². The molecule has 280 valence electrons. The van der Waals surface area contributed by atoms with Crippen molar-refractivity contribution in [1.82, 2.24) is 10.2 Å². The number of likely N-dealkylation sites (tertiary alicyclic amines) is 1. The number of nitrogens with zero attached hydrogens (tertiary/aromatic N) is 3. The third-order valence-corrected chi connectivity index (χ3v) is 9.73. The Bertz CT molecular complexity index is 1970. The van der Waals surface area contributed by atoms with Crippen LogP contribution in [0.25, 0.3) is 0 Å². The maximum Gasteiger partial charge on any atom is 0.418 e. The lowest BCUT2D eigenvalue weighted by Gasteiger charge is -2.32. The van der Waals surface area contributed by atoms with E-state index >= 15 is 4.39 Å². The molecule has 3 fully saturated rings. The Balaban J connectivity index is 1.03. The van der Waals surface area contributed by atoms with Crippen molar-refractivity contribution in [1.29, 1.82) is 0 Å². The maximum absolute atomic E-state index is 15.5. The summed E-state index contributed by atoms with van der Waals surface area (Å²) >= 11 is 5.55. The summed E-state index contributed by atoms with van der Waals surface area (Å²) in [7, 11) is 0. The van der Waals surface area contributed by atoms with E-state index in [1.807, 2.05) is 4.90 Å². The molecular formula is C36H37F4N7O5S. The first kappa shape index (κ1) is 37.5. The Kier molecular flexibility index (Phi) is 10.3. The molecule has 3 heterocycles. The average molecular weight is 756 g/mol. The second-order valence-electron chi connectivity index (χ2n) is 13.6. The number of imide groups is 1. The van der Waals surface area contributed by atoms with Crippen LogP contribution in [-0.4, -0.2) is 71.0 Å². The summed E-state index contributed by atoms with van der Waals surface area (Å²) in [4.78, 5) is 54.2. The second kappa shape index (κ2) is 14.6. The van der Waals surface area contributed by atoms with Crippen LogP contribution in [-0.2, 0) is 25.4 Å². The van der Waals surface area contributed by atoms with Gasteiger partial charge in [0.05, 0.1) is 17.8 Å². The maximum atomic E-state index is 15.5. The minimum Gasteiger partial charge on any atom is -0.487 e. The molecule has 0 bridgehead atoms. The number of anilines is 5. The van der Waals surface area contributed by atoms with Gasteiger partial charge in [-0.3, -0.25) is 34.3 Å². The number of carbonyl (C=O) groups is 4. The minimum atomic E-state index is -4.75. The molecule has 0 radical (unpaired) electrons. The van der Waals surface area contributed by atoms with Crippen LogP contribution < -0.4 is 36.2 Å². The first-order valence-electron chi connectivity index (χ1n) is 16.9. The van der Waals surface area contributed by atoms with Crippen LogP contribution in [0.2, 0.25) is 0 Å². The highest BCUT2D eigenvalue weighted by molar-refractivity contribution is 7.81. The van der Waals surface area contributed by atoms with Gasteiger partial charge < -0.3 is 26.0 Å². The molecule has 1 unspecified atom stereocenters. The summed E-state index contributed by atoms with van der Waals surface area (Å²) in [6.45, 7) is 4.24. The highest BCUT2D eigenvalue weighted by Crippen LogP contribution is 2.41. The largest absolute Gasteiger partial charge is 0.487 e. The van der Waals surface area contributed by atoms with Crippen LogP contribution in [0.1, 0.15) is 45.1 Å². The van der Waals surface area contributed by atoms with Gasteiger partial charge in [-0.15, -0.1) is 0 Å². The van der Waals surface area contributed by atoms with E-state index in [0.29, 0.717) is 43.7 Å². The first-order chi connectivity index (χ1) is 25.0. The molecule has 3 aliphatic rings. The van der Waals surface area contributed by atoms with Crippen LogP contribution in [0.5, 0.6) is 5.75 Å². The van der Waals surface area contributed by atoms with Gasteiger partial charge in [-0.25, -0.2) is 4.39 Å². The van der Waals surface area contributed by atoms with E-state index in [1.165, 1.54) is 29.2 Å². The fourth-order valence-corrected chi connectivity index (χ4v) is 7.12. The van der Waals surface area contributed by atoms with E-state index in [9.17, 15) is 32.3 Å². The number of hydrogen-bond donors (Lipinski definition) is 4. The van der Waals surface area contributed by atoms with Crippen LogP contribution >= 0.6 is 12.2 Å². The van der Waals surface area contributed by atoms with Gasteiger partial charge in [0, 0.05) is 48.3 Å². The number of alkyl halides is 3. The zero-order valence-corrected chi connectivity index (χ0v) is 29.6. The van der Waals surface area contributed by atoms with Crippen molar-refractivity contribution in [2.45, 2.75) is 63.4 Å². The summed E-state index contributed by atoms with van der Waals surface area (Å²) in [5.41, 5.74) is 3.84. The molecule has 3 aliphatic heterocycles. The van der Waals surface area contributed by atoms with Crippen molar-refractivity contribution in [3.8, 4) is 5.75 Å². The summed E-state index contributed by atoms with van der Waals surface area (Å²) < 4.78 is 62.2. The molecule has 0 aliphatic carbocycles. The van der Waals surface area contributed by atoms with Crippen molar-refractivity contribution in [3.05, 3.63) is 72.0 Å². The number of halogens is 4. The number of amides is 4. The molecule has 12 nitrogen and oxygen atoms in total. The monoisotopic (exact) mass is 755 g/mol. The number of nitrogen functional groups attached to an aromatic ring is 1. The Labute approximate surface area is 307 Å². The van der Waals surface area contributed by atoms with Crippen molar-refractivity contribution in [2.75, 3.05) is 45.8 Å². The van der Waals surface area contributed by atoms with Gasteiger partial charge in [-0.1, -0.05) is 6.07 Å². The minimum absolute atomic E-state index is 0.0183. The SMILES string of the molecule is CC1(C)C(=O)N(c2ccc(N)c(C(F)(F)F)c2)C(=S)N1c1ccc(OC2CCN(CC(=O)Nc3cccc(NC4CCC(=O)NC4=O)c3)CC2)c(F)c1. The van der Waals surface area contributed by atoms with Crippen molar-refractivity contribution in [3.63, 3.8) is 0 Å². The van der Waals surface area contributed by atoms with Gasteiger partial charge in [0.1, 0.15) is 17.7 Å². The molecule has 5 N–H and O–H groups in total. The number of nitrogens with two attached hydrogens (primary N) is 1. The number of benzene rings is 3. The molecule has 6 rings (SSSR count). The molecule has 0 saturated carbocycles. The van der Waals surface area contributed by atoms with E-state index < -0.39 is 46.6 Å². The molecule has 4 amide bonds. The number of carbonyl (C=O) groups excluding carboxylic acids is 4. The molecule has 17 heteroatoms. The van der Waals surface area contributed by atoms with Crippen molar-refractivity contribution >= 4 is 69.4 Å². The number of piperidine rings is 2. The average Bonchev–Trinajstić information content (AvgIpc) is 3.26. The zero-order chi connectivity index (χ0) is 38.2. The highest BCUT2D eigenvalue weighted by atomic mass is 32.1. The van der Waals surface area contributed by atoms with Crippen molar-refractivity contribution < 1.29 is 41.5 Å². The predicted octanol–water partition coefficient (Wildman–Crippen LogP) is 5.04. The molecule has 3 aromatic carbocycles. The Morgan fingerprint density at radius 3 is 2.38 bits per heavy atom. The Morgan fingerprint density at radius 2 is 1.70 bits per heavy atom. The molecule has 0 aromatic heterocycles. The van der Waals surface area contributed by atoms with Crippen molar-refractivity contribution in [2.24, 2.45) is 0 Å². The number of hydrogen-bond acceptors (Lipinski definition) is 9. The topological polar surface area (TPSA) is 149 Å². The number of ether oxygens (including phenoxy) is 1. The van der Waals surface area contributed by atoms with E-state index in [2.05, 4.69) is 16.0 Å². The molecule has 53 heavy (non-hydrogen) atoms. The Hall–Kier alpha value is -5.29. The predicted molar refractivity (Wildman–Crippen MR) is 194 cm³/mol. The third kappa shape index (κ3) is 8.05. The fourth-order valence-electron chi connectivity index (χ4n) is 6.60. The smallest absolute Gasteiger partial charge is 0.418 e. The van der Waals surface area contributed by atoms with Crippen LogP contribution in [0.3, 0.4) is 0 Å². The van der Waals surface area contributed by atoms with Gasteiger partial charge in [-0.05, 0) is 93.9 Å². The molecule has 1 atom stereocenters. The van der Waals surface area contributed by atoms with E-state index in [-0.39, 0.29) is 53.1 Å². The quantitative estimate of drug-likeness (QED) is 0.101. The lowest BCUT2D eigenvalue weighted by molar-refractivity contribution is -0.137. The molecule has 3 saturated heterocycles. The third-order valence-electron chi connectivity index (χ3n) is 9.36. The lowest BCUT2D eigenvalue weighted by Crippen LogP contribution is -2.47. The zero-order valence-electron chi connectivity index (χ0n) is 28.8.